The second kappa shape index (κ2) is 8.02. The third kappa shape index (κ3) is 4.00. The monoisotopic (exact) mass is 413 g/mol. The maximum absolute atomic E-state index is 14.0. The maximum Gasteiger partial charge on any atom is 0.338 e. The lowest BCUT2D eigenvalue weighted by atomic mass is 9.78. The van der Waals surface area contributed by atoms with Crippen LogP contribution in [-0.4, -0.2) is 52.4 Å². The van der Waals surface area contributed by atoms with E-state index in [2.05, 4.69) is 35.0 Å². The Hall–Kier alpha value is -3.00. The molecule has 30 heavy (non-hydrogen) atoms. The number of carboxylic acids is 1. The van der Waals surface area contributed by atoms with Crippen LogP contribution in [0.5, 0.6) is 0 Å². The van der Waals surface area contributed by atoms with E-state index in [4.69, 9.17) is 14.4 Å². The number of hydrogen-bond acceptors (Lipinski definition) is 6. The number of aromatic carboxylic acids is 1. The van der Waals surface area contributed by atoms with Crippen LogP contribution in [0.4, 0.5) is 4.39 Å². The predicted octanol–water partition coefficient (Wildman–Crippen LogP) is 3.99. The van der Waals surface area contributed by atoms with E-state index in [0.717, 1.165) is 50.8 Å². The summed E-state index contributed by atoms with van der Waals surface area (Å²) in [6.07, 6.45) is 5.84. The molecule has 0 saturated carbocycles. The Morgan fingerprint density at radius 1 is 1.23 bits per heavy atom. The van der Waals surface area contributed by atoms with E-state index in [1.54, 1.807) is 0 Å². The lowest BCUT2D eigenvalue weighted by Gasteiger charge is -2.38. The van der Waals surface area contributed by atoms with Gasteiger partial charge in [-0.3, -0.25) is 0 Å². The Morgan fingerprint density at radius 2 is 2.07 bits per heavy atom. The number of rotatable bonds is 4. The highest BCUT2D eigenvalue weighted by Gasteiger charge is 2.33. The molecule has 2 aromatic rings. The average Bonchev–Trinajstić information content (AvgIpc) is 3.04. The number of halogens is 1. The number of ether oxygens (including phenoxy) is 1. The first-order chi connectivity index (χ1) is 14.3. The molecule has 0 radical (unpaired) electrons. The van der Waals surface area contributed by atoms with Crippen molar-refractivity contribution in [3.8, 4) is 11.4 Å². The van der Waals surface area contributed by atoms with Crippen LogP contribution in [0.1, 0.15) is 42.9 Å². The smallest absolute Gasteiger partial charge is 0.338 e. The van der Waals surface area contributed by atoms with Crippen molar-refractivity contribution >= 4 is 11.5 Å². The molecular formula is C22H24FN3O4. The van der Waals surface area contributed by atoms with Crippen LogP contribution in [0, 0.1) is 11.2 Å². The van der Waals surface area contributed by atoms with E-state index in [1.807, 2.05) is 6.08 Å². The SMILES string of the molecule is CC1(C)CC(c2nc(-c3ccc(C(=O)O)c(F)c3)no2)=CC=C1N1CCCOCC1. The fourth-order valence-electron chi connectivity index (χ4n) is 4.00. The highest BCUT2D eigenvalue weighted by atomic mass is 19.1. The molecule has 4 rings (SSSR count). The Balaban J connectivity index is 1.59. The summed E-state index contributed by atoms with van der Waals surface area (Å²) in [5.74, 6) is -1.55. The van der Waals surface area contributed by atoms with Gasteiger partial charge in [-0.05, 0) is 37.1 Å². The van der Waals surface area contributed by atoms with Crippen molar-refractivity contribution < 1.29 is 23.6 Å². The molecule has 0 atom stereocenters. The van der Waals surface area contributed by atoms with Gasteiger partial charge in [0.25, 0.3) is 5.89 Å². The zero-order valence-corrected chi connectivity index (χ0v) is 17.0. The average molecular weight is 413 g/mol. The quantitative estimate of drug-likeness (QED) is 0.811. The molecule has 1 fully saturated rings. The molecule has 1 aliphatic carbocycles. The summed E-state index contributed by atoms with van der Waals surface area (Å²) >= 11 is 0. The summed E-state index contributed by atoms with van der Waals surface area (Å²) in [7, 11) is 0. The Bertz CT molecular complexity index is 1020. The molecule has 2 aliphatic rings. The van der Waals surface area contributed by atoms with Gasteiger partial charge in [-0.15, -0.1) is 0 Å². The molecule has 1 aromatic heterocycles. The predicted molar refractivity (Wildman–Crippen MR) is 108 cm³/mol. The van der Waals surface area contributed by atoms with E-state index in [0.29, 0.717) is 11.5 Å². The molecule has 7 nitrogen and oxygen atoms in total. The molecule has 1 aliphatic heterocycles. The number of hydrogen-bond donors (Lipinski definition) is 1. The van der Waals surface area contributed by atoms with Gasteiger partial charge < -0.3 is 19.3 Å². The van der Waals surface area contributed by atoms with E-state index in [9.17, 15) is 9.18 Å². The van der Waals surface area contributed by atoms with Crippen LogP contribution in [0.25, 0.3) is 17.0 Å². The van der Waals surface area contributed by atoms with Crippen LogP contribution in [0.15, 0.2) is 40.6 Å². The van der Waals surface area contributed by atoms with Gasteiger partial charge in [0.2, 0.25) is 5.82 Å². The summed E-state index contributed by atoms with van der Waals surface area (Å²) in [5.41, 5.74) is 2.04. The van der Waals surface area contributed by atoms with Crippen LogP contribution in [0.2, 0.25) is 0 Å². The minimum Gasteiger partial charge on any atom is -0.478 e. The number of aromatic nitrogens is 2. The first-order valence-corrected chi connectivity index (χ1v) is 9.96. The van der Waals surface area contributed by atoms with Crippen LogP contribution in [-0.2, 0) is 4.74 Å². The van der Waals surface area contributed by atoms with Gasteiger partial charge in [0.05, 0.1) is 12.2 Å². The summed E-state index contributed by atoms with van der Waals surface area (Å²) < 4.78 is 25.0. The normalized spacial score (nSPS) is 19.1. The van der Waals surface area contributed by atoms with Crippen molar-refractivity contribution in [2.24, 2.45) is 5.41 Å². The third-order valence-corrected chi connectivity index (χ3v) is 5.49. The van der Waals surface area contributed by atoms with E-state index in [1.165, 1.54) is 17.8 Å². The number of carbonyl (C=O) groups is 1. The van der Waals surface area contributed by atoms with Crippen molar-refractivity contribution in [1.29, 1.82) is 0 Å². The molecule has 0 amide bonds. The lowest BCUT2D eigenvalue weighted by Crippen LogP contribution is -2.35. The van der Waals surface area contributed by atoms with Crippen LogP contribution >= 0.6 is 0 Å². The van der Waals surface area contributed by atoms with Crippen molar-refractivity contribution in [3.63, 3.8) is 0 Å². The summed E-state index contributed by atoms with van der Waals surface area (Å²) in [5, 5.41) is 12.9. The van der Waals surface area contributed by atoms with Crippen molar-refractivity contribution in [2.75, 3.05) is 26.3 Å². The largest absolute Gasteiger partial charge is 0.478 e. The Kier molecular flexibility index (Phi) is 5.42. The van der Waals surface area contributed by atoms with Crippen molar-refractivity contribution in [1.82, 2.24) is 15.0 Å². The molecule has 1 saturated heterocycles. The van der Waals surface area contributed by atoms with Gasteiger partial charge in [0.15, 0.2) is 0 Å². The standard InChI is InChI=1S/C22H24FN3O4/c1-22(2)13-15(5-7-18(22)26-8-3-10-29-11-9-26)20-24-19(25-30-20)14-4-6-16(21(27)28)17(23)12-14/h4-7,12H,3,8-11,13H2,1-2H3,(H,27,28). The van der Waals surface area contributed by atoms with E-state index in [-0.39, 0.29) is 11.2 Å². The van der Waals surface area contributed by atoms with Gasteiger partial charge in [-0.25, -0.2) is 9.18 Å². The second-order valence-corrected chi connectivity index (χ2v) is 8.18. The maximum atomic E-state index is 14.0. The minimum atomic E-state index is -1.32. The lowest BCUT2D eigenvalue weighted by molar-refractivity contribution is 0.0692. The zero-order valence-electron chi connectivity index (χ0n) is 17.0. The first-order valence-electron chi connectivity index (χ1n) is 9.96. The van der Waals surface area contributed by atoms with Gasteiger partial charge >= 0.3 is 5.97 Å². The third-order valence-electron chi connectivity index (χ3n) is 5.49. The van der Waals surface area contributed by atoms with Gasteiger partial charge in [-0.1, -0.05) is 25.1 Å². The van der Waals surface area contributed by atoms with Gasteiger partial charge in [0.1, 0.15) is 5.82 Å². The van der Waals surface area contributed by atoms with E-state index >= 15 is 0 Å². The van der Waals surface area contributed by atoms with Gasteiger partial charge in [0, 0.05) is 41.9 Å². The topological polar surface area (TPSA) is 88.7 Å². The minimum absolute atomic E-state index is 0.113. The molecule has 158 valence electrons. The summed E-state index contributed by atoms with van der Waals surface area (Å²) in [6.45, 7) is 7.75. The number of allylic oxidation sites excluding steroid dienone is 4. The van der Waals surface area contributed by atoms with E-state index < -0.39 is 17.3 Å². The zero-order chi connectivity index (χ0) is 21.3. The second-order valence-electron chi connectivity index (χ2n) is 8.18. The fraction of sp³-hybridized carbons (Fsp3) is 0.409. The number of carboxylic acid groups (broad SMARTS) is 1. The number of benzene rings is 1. The van der Waals surface area contributed by atoms with Crippen molar-refractivity contribution in [3.05, 3.63) is 53.3 Å². The number of nitrogens with zero attached hydrogens (tertiary/aromatic N) is 3. The first kappa shape index (κ1) is 20.3. The van der Waals surface area contributed by atoms with Gasteiger partial charge in [-0.2, -0.15) is 4.98 Å². The van der Waals surface area contributed by atoms with Crippen LogP contribution < -0.4 is 0 Å². The molecule has 2 heterocycles. The molecule has 1 aromatic carbocycles. The van der Waals surface area contributed by atoms with Crippen LogP contribution in [0.3, 0.4) is 0 Å². The fourth-order valence-corrected chi connectivity index (χ4v) is 4.00. The highest BCUT2D eigenvalue weighted by molar-refractivity contribution is 5.88. The van der Waals surface area contributed by atoms with Crippen molar-refractivity contribution in [2.45, 2.75) is 26.7 Å². The molecule has 0 unspecified atom stereocenters. The Morgan fingerprint density at radius 3 is 2.80 bits per heavy atom. The summed E-state index contributed by atoms with van der Waals surface area (Å²) in [6, 6.07) is 3.78. The molecule has 0 spiro atoms. The highest BCUT2D eigenvalue weighted by Crippen LogP contribution is 2.42. The molecular weight excluding hydrogens is 389 g/mol. The Labute approximate surface area is 173 Å². The molecule has 1 N–H and O–H groups in total. The molecule has 8 heteroatoms. The molecule has 0 bridgehead atoms. The summed E-state index contributed by atoms with van der Waals surface area (Å²) in [4.78, 5) is 17.8.